The summed E-state index contributed by atoms with van der Waals surface area (Å²) in [5.74, 6) is -0.151. The summed E-state index contributed by atoms with van der Waals surface area (Å²) in [7, 11) is 0. The zero-order valence-corrected chi connectivity index (χ0v) is 12.1. The van der Waals surface area contributed by atoms with Crippen LogP contribution < -0.4 is 16.2 Å². The fourth-order valence-electron chi connectivity index (χ4n) is 2.37. The van der Waals surface area contributed by atoms with Gasteiger partial charge >= 0.3 is 0 Å². The lowest BCUT2D eigenvalue weighted by Crippen LogP contribution is -2.40. The monoisotopic (exact) mass is 278 g/mol. The van der Waals surface area contributed by atoms with E-state index in [1.807, 2.05) is 13.8 Å². The van der Waals surface area contributed by atoms with Crippen molar-refractivity contribution < 1.29 is 4.79 Å². The number of hydrogen-bond acceptors (Lipinski definition) is 4. The molecule has 0 bridgehead atoms. The number of carbonyl (C=O) groups is 1. The van der Waals surface area contributed by atoms with E-state index in [4.69, 9.17) is 0 Å². The van der Waals surface area contributed by atoms with Crippen LogP contribution in [0.3, 0.4) is 0 Å². The zero-order chi connectivity index (χ0) is 14.5. The third kappa shape index (κ3) is 3.45. The molecule has 0 saturated heterocycles. The fourth-order valence-corrected chi connectivity index (χ4v) is 2.37. The summed E-state index contributed by atoms with van der Waals surface area (Å²) in [6, 6.07) is 1.75. The Morgan fingerprint density at radius 3 is 2.95 bits per heavy atom. The molecule has 1 amide bonds. The minimum Gasteiger partial charge on any atom is -0.352 e. The topological polar surface area (TPSA) is 76.0 Å². The van der Waals surface area contributed by atoms with Crippen molar-refractivity contribution in [3.8, 4) is 0 Å². The van der Waals surface area contributed by atoms with Crippen molar-refractivity contribution in [2.45, 2.75) is 52.2 Å². The molecule has 0 saturated carbocycles. The van der Waals surface area contributed by atoms with Crippen LogP contribution in [0.4, 0.5) is 0 Å². The van der Waals surface area contributed by atoms with Crippen molar-refractivity contribution in [2.75, 3.05) is 6.54 Å². The van der Waals surface area contributed by atoms with Crippen LogP contribution in [-0.4, -0.2) is 28.3 Å². The molecule has 0 spiro atoms. The van der Waals surface area contributed by atoms with Gasteiger partial charge in [0.2, 0.25) is 5.91 Å². The Morgan fingerprint density at radius 1 is 1.50 bits per heavy atom. The molecule has 6 nitrogen and oxygen atoms in total. The van der Waals surface area contributed by atoms with E-state index in [2.05, 4.69) is 15.7 Å². The highest BCUT2D eigenvalue weighted by Crippen LogP contribution is 2.07. The van der Waals surface area contributed by atoms with Crippen molar-refractivity contribution in [2.24, 2.45) is 0 Å². The van der Waals surface area contributed by atoms with Crippen LogP contribution in [0.25, 0.3) is 0 Å². The van der Waals surface area contributed by atoms with Crippen LogP contribution in [0.15, 0.2) is 10.9 Å². The summed E-state index contributed by atoms with van der Waals surface area (Å²) < 4.78 is 1.27. The van der Waals surface area contributed by atoms with Gasteiger partial charge in [-0.25, -0.2) is 4.68 Å². The lowest BCUT2D eigenvalue weighted by molar-refractivity contribution is -0.122. The van der Waals surface area contributed by atoms with E-state index in [-0.39, 0.29) is 24.1 Å². The molecule has 2 rings (SSSR count). The van der Waals surface area contributed by atoms with Gasteiger partial charge in [-0.2, -0.15) is 5.10 Å². The first-order chi connectivity index (χ1) is 9.63. The molecule has 0 fully saturated rings. The predicted molar refractivity (Wildman–Crippen MR) is 76.4 cm³/mol. The van der Waals surface area contributed by atoms with Crippen molar-refractivity contribution in [3.63, 3.8) is 0 Å². The van der Waals surface area contributed by atoms with Crippen molar-refractivity contribution in [3.05, 3.63) is 27.7 Å². The maximum absolute atomic E-state index is 11.9. The quantitative estimate of drug-likeness (QED) is 0.806. The molecule has 110 valence electrons. The van der Waals surface area contributed by atoms with E-state index >= 15 is 0 Å². The number of nitrogens with zero attached hydrogens (tertiary/aromatic N) is 2. The lowest BCUT2D eigenvalue weighted by atomic mass is 10.1. The van der Waals surface area contributed by atoms with Crippen molar-refractivity contribution in [1.29, 1.82) is 0 Å². The normalized spacial score (nSPS) is 14.2. The smallest absolute Gasteiger partial charge is 0.267 e. The number of fused-ring (bicyclic) bond motifs is 1. The minimum absolute atomic E-state index is 0.00393. The van der Waals surface area contributed by atoms with Crippen LogP contribution >= 0.6 is 0 Å². The first-order valence-electron chi connectivity index (χ1n) is 7.24. The molecule has 1 aromatic heterocycles. The van der Waals surface area contributed by atoms with E-state index in [1.165, 1.54) is 4.68 Å². The number of nitrogens with one attached hydrogen (secondary N) is 2. The van der Waals surface area contributed by atoms with Gasteiger partial charge in [-0.1, -0.05) is 13.8 Å². The van der Waals surface area contributed by atoms with Gasteiger partial charge in [-0.05, 0) is 18.4 Å². The first-order valence-corrected chi connectivity index (χ1v) is 7.24. The molecule has 2 N–H and O–H groups in total. The number of hydrogen-bond donors (Lipinski definition) is 2. The molecule has 1 aliphatic heterocycles. The van der Waals surface area contributed by atoms with Gasteiger partial charge in [-0.15, -0.1) is 0 Å². The van der Waals surface area contributed by atoms with E-state index in [9.17, 15) is 9.59 Å². The summed E-state index contributed by atoms with van der Waals surface area (Å²) in [5, 5.41) is 10.4. The van der Waals surface area contributed by atoms with Gasteiger partial charge in [-0.3, -0.25) is 9.59 Å². The highest BCUT2D eigenvalue weighted by molar-refractivity contribution is 5.75. The summed E-state index contributed by atoms with van der Waals surface area (Å²) in [6.45, 7) is 5.60. The van der Waals surface area contributed by atoms with Crippen molar-refractivity contribution >= 4 is 5.91 Å². The van der Waals surface area contributed by atoms with Crippen LogP contribution in [0.1, 0.15) is 37.9 Å². The zero-order valence-electron chi connectivity index (χ0n) is 12.1. The molecule has 0 atom stereocenters. The molecule has 1 aromatic rings. The number of aromatic nitrogens is 2. The second-order valence-electron chi connectivity index (χ2n) is 5.12. The predicted octanol–water partition coefficient (Wildman–Crippen LogP) is 0.194. The Labute approximate surface area is 118 Å². The second-order valence-corrected chi connectivity index (χ2v) is 5.12. The molecule has 0 aromatic carbocycles. The average Bonchev–Trinajstić information content (AvgIpc) is 2.45. The van der Waals surface area contributed by atoms with Gasteiger partial charge in [0.25, 0.3) is 5.56 Å². The Hall–Kier alpha value is -1.69. The van der Waals surface area contributed by atoms with Crippen LogP contribution in [0, 0.1) is 0 Å². The van der Waals surface area contributed by atoms with Gasteiger partial charge < -0.3 is 10.6 Å². The standard InChI is InChI=1S/C14H22N4O2/c1-3-11(4-2)16-13(19)9-18-14(20)7-10-8-15-6-5-12(10)17-18/h7,11,15H,3-6,8-9H2,1-2H3,(H,16,19). The highest BCUT2D eigenvalue weighted by atomic mass is 16.2. The average molecular weight is 278 g/mol. The molecule has 20 heavy (non-hydrogen) atoms. The van der Waals surface area contributed by atoms with Crippen LogP contribution in [-0.2, 0) is 24.3 Å². The van der Waals surface area contributed by atoms with Gasteiger partial charge in [0, 0.05) is 31.6 Å². The lowest BCUT2D eigenvalue weighted by Gasteiger charge is -2.18. The molecule has 0 radical (unpaired) electrons. The summed E-state index contributed by atoms with van der Waals surface area (Å²) >= 11 is 0. The molecule has 2 heterocycles. The Balaban J connectivity index is 2.09. The van der Waals surface area contributed by atoms with Gasteiger partial charge in [0.15, 0.2) is 0 Å². The summed E-state index contributed by atoms with van der Waals surface area (Å²) in [4.78, 5) is 23.9. The molecular formula is C14H22N4O2. The van der Waals surface area contributed by atoms with Crippen LogP contribution in [0.5, 0.6) is 0 Å². The Kier molecular flexibility index (Phi) is 4.89. The summed E-state index contributed by atoms with van der Waals surface area (Å²) in [6.07, 6.45) is 2.57. The maximum atomic E-state index is 11.9. The van der Waals surface area contributed by atoms with E-state index < -0.39 is 0 Å². The third-order valence-electron chi connectivity index (χ3n) is 3.66. The molecular weight excluding hydrogens is 256 g/mol. The fraction of sp³-hybridized carbons (Fsp3) is 0.643. The maximum Gasteiger partial charge on any atom is 0.267 e. The second kappa shape index (κ2) is 6.65. The number of carbonyl (C=O) groups excluding carboxylic acids is 1. The Morgan fingerprint density at radius 2 is 2.25 bits per heavy atom. The molecule has 0 unspecified atom stereocenters. The molecule has 1 aliphatic rings. The van der Waals surface area contributed by atoms with E-state index in [0.717, 1.165) is 37.1 Å². The highest BCUT2D eigenvalue weighted by Gasteiger charge is 2.15. The van der Waals surface area contributed by atoms with Crippen molar-refractivity contribution in [1.82, 2.24) is 20.4 Å². The number of amides is 1. The van der Waals surface area contributed by atoms with E-state index in [0.29, 0.717) is 6.54 Å². The SMILES string of the molecule is CCC(CC)NC(=O)Cn1nc2c(cc1=O)CNCC2. The third-order valence-corrected chi connectivity index (χ3v) is 3.66. The largest absolute Gasteiger partial charge is 0.352 e. The van der Waals surface area contributed by atoms with Crippen LogP contribution in [0.2, 0.25) is 0 Å². The number of rotatable bonds is 5. The van der Waals surface area contributed by atoms with Gasteiger partial charge in [0.05, 0.1) is 5.69 Å². The Bertz CT molecular complexity index is 534. The first kappa shape index (κ1) is 14.7. The molecule has 6 heteroatoms. The minimum atomic E-state index is -0.216. The molecule has 0 aliphatic carbocycles. The van der Waals surface area contributed by atoms with E-state index in [1.54, 1.807) is 6.07 Å². The summed E-state index contributed by atoms with van der Waals surface area (Å²) in [5.41, 5.74) is 1.64. The van der Waals surface area contributed by atoms with Gasteiger partial charge in [0.1, 0.15) is 6.54 Å².